The second-order valence-corrected chi connectivity index (χ2v) is 3.44. The quantitative estimate of drug-likeness (QED) is 0.701. The molecule has 0 saturated heterocycles. The third kappa shape index (κ3) is 1.73. The SMILES string of the molecule is CCc1cc2ccc(C(=O)OC)cn2c1. The molecule has 0 radical (unpaired) electrons. The molecule has 0 bridgehead atoms. The van der Waals surface area contributed by atoms with Gasteiger partial charge in [0.15, 0.2) is 0 Å². The van der Waals surface area contributed by atoms with Gasteiger partial charge in [-0.3, -0.25) is 0 Å². The van der Waals surface area contributed by atoms with E-state index in [1.165, 1.54) is 12.7 Å². The first-order chi connectivity index (χ1) is 7.24. The molecule has 15 heavy (non-hydrogen) atoms. The Morgan fingerprint density at radius 1 is 1.40 bits per heavy atom. The molecule has 0 fully saturated rings. The number of pyridine rings is 1. The van der Waals surface area contributed by atoms with Crippen molar-refractivity contribution in [3.63, 3.8) is 0 Å². The third-order valence-corrected chi connectivity index (χ3v) is 2.48. The summed E-state index contributed by atoms with van der Waals surface area (Å²) in [4.78, 5) is 11.3. The minimum absolute atomic E-state index is 0.302. The lowest BCUT2D eigenvalue weighted by molar-refractivity contribution is 0.0600. The summed E-state index contributed by atoms with van der Waals surface area (Å²) >= 11 is 0. The highest BCUT2D eigenvalue weighted by Gasteiger charge is 2.06. The zero-order valence-electron chi connectivity index (χ0n) is 8.86. The number of aryl methyl sites for hydroxylation is 1. The van der Waals surface area contributed by atoms with Crippen LogP contribution >= 0.6 is 0 Å². The molecular weight excluding hydrogens is 190 g/mol. The number of carbonyl (C=O) groups excluding carboxylic acids is 1. The summed E-state index contributed by atoms with van der Waals surface area (Å²) in [5, 5.41) is 0. The molecule has 0 aliphatic rings. The molecule has 2 heterocycles. The maximum atomic E-state index is 11.3. The highest BCUT2D eigenvalue weighted by atomic mass is 16.5. The lowest BCUT2D eigenvalue weighted by Gasteiger charge is -2.00. The highest BCUT2D eigenvalue weighted by Crippen LogP contribution is 2.12. The minimum atomic E-state index is -0.302. The van der Waals surface area contributed by atoms with Crippen molar-refractivity contribution in [3.05, 3.63) is 41.7 Å². The van der Waals surface area contributed by atoms with Crippen molar-refractivity contribution in [2.45, 2.75) is 13.3 Å². The van der Waals surface area contributed by atoms with Crippen LogP contribution in [0.2, 0.25) is 0 Å². The van der Waals surface area contributed by atoms with E-state index in [9.17, 15) is 4.79 Å². The van der Waals surface area contributed by atoms with Crippen molar-refractivity contribution >= 4 is 11.5 Å². The van der Waals surface area contributed by atoms with Gasteiger partial charge in [-0.25, -0.2) is 4.79 Å². The molecule has 2 aromatic heterocycles. The van der Waals surface area contributed by atoms with Crippen molar-refractivity contribution in [2.24, 2.45) is 0 Å². The van der Waals surface area contributed by atoms with Crippen molar-refractivity contribution in [3.8, 4) is 0 Å². The summed E-state index contributed by atoms with van der Waals surface area (Å²) in [6.07, 6.45) is 4.82. The molecule has 2 aromatic rings. The minimum Gasteiger partial charge on any atom is -0.465 e. The molecule has 78 valence electrons. The largest absolute Gasteiger partial charge is 0.465 e. The van der Waals surface area contributed by atoms with E-state index in [0.717, 1.165) is 11.9 Å². The number of hydrogen-bond acceptors (Lipinski definition) is 2. The molecule has 2 rings (SSSR count). The number of ether oxygens (including phenoxy) is 1. The predicted octanol–water partition coefficient (Wildman–Crippen LogP) is 2.29. The lowest BCUT2D eigenvalue weighted by Crippen LogP contribution is -2.02. The number of carbonyl (C=O) groups is 1. The van der Waals surface area contributed by atoms with Crippen LogP contribution in [0.25, 0.3) is 5.52 Å². The summed E-state index contributed by atoms with van der Waals surface area (Å²) in [6, 6.07) is 5.81. The second-order valence-electron chi connectivity index (χ2n) is 3.44. The van der Waals surface area contributed by atoms with Crippen LogP contribution < -0.4 is 0 Å². The molecule has 0 aliphatic heterocycles. The lowest BCUT2D eigenvalue weighted by atomic mass is 10.2. The normalized spacial score (nSPS) is 10.5. The fraction of sp³-hybridized carbons (Fsp3) is 0.250. The second kappa shape index (κ2) is 3.77. The van der Waals surface area contributed by atoms with Gasteiger partial charge in [-0.1, -0.05) is 6.92 Å². The van der Waals surface area contributed by atoms with Gasteiger partial charge < -0.3 is 9.14 Å². The van der Waals surface area contributed by atoms with Gasteiger partial charge in [0.05, 0.1) is 12.7 Å². The Labute approximate surface area is 88.3 Å². The van der Waals surface area contributed by atoms with Crippen LogP contribution in [-0.4, -0.2) is 17.5 Å². The van der Waals surface area contributed by atoms with Crippen LogP contribution in [-0.2, 0) is 11.2 Å². The van der Waals surface area contributed by atoms with Crippen molar-refractivity contribution in [1.29, 1.82) is 0 Å². The molecule has 0 aliphatic carbocycles. The van der Waals surface area contributed by atoms with Crippen LogP contribution in [0.5, 0.6) is 0 Å². The molecule has 0 unspecified atom stereocenters. The topological polar surface area (TPSA) is 30.7 Å². The van der Waals surface area contributed by atoms with Gasteiger partial charge in [0.25, 0.3) is 0 Å². The van der Waals surface area contributed by atoms with E-state index >= 15 is 0 Å². The van der Waals surface area contributed by atoms with Crippen molar-refractivity contribution in [2.75, 3.05) is 7.11 Å². The monoisotopic (exact) mass is 203 g/mol. The van der Waals surface area contributed by atoms with Crippen molar-refractivity contribution in [1.82, 2.24) is 4.40 Å². The third-order valence-electron chi connectivity index (χ3n) is 2.48. The zero-order valence-corrected chi connectivity index (χ0v) is 8.86. The number of nitrogens with zero attached hydrogens (tertiary/aromatic N) is 1. The van der Waals surface area contributed by atoms with E-state index in [1.807, 2.05) is 16.7 Å². The predicted molar refractivity (Wildman–Crippen MR) is 58.1 cm³/mol. The molecule has 0 N–H and O–H groups in total. The van der Waals surface area contributed by atoms with Gasteiger partial charge >= 0.3 is 5.97 Å². The first-order valence-corrected chi connectivity index (χ1v) is 4.93. The summed E-state index contributed by atoms with van der Waals surface area (Å²) < 4.78 is 6.62. The Morgan fingerprint density at radius 3 is 2.87 bits per heavy atom. The fourth-order valence-electron chi connectivity index (χ4n) is 1.60. The Balaban J connectivity index is 2.50. The molecule has 3 nitrogen and oxygen atoms in total. The van der Waals surface area contributed by atoms with Gasteiger partial charge in [0.2, 0.25) is 0 Å². The summed E-state index contributed by atoms with van der Waals surface area (Å²) in [5.41, 5.74) is 2.93. The van der Waals surface area contributed by atoms with Crippen LogP contribution in [0.15, 0.2) is 30.6 Å². The number of hydrogen-bond donors (Lipinski definition) is 0. The van der Waals surface area contributed by atoms with Crippen LogP contribution in [0, 0.1) is 0 Å². The Kier molecular flexibility index (Phi) is 2.46. The van der Waals surface area contributed by atoms with Crippen LogP contribution in [0.4, 0.5) is 0 Å². The number of methoxy groups -OCH3 is 1. The van der Waals surface area contributed by atoms with E-state index < -0.39 is 0 Å². The molecular formula is C12H13NO2. The number of aromatic nitrogens is 1. The van der Waals surface area contributed by atoms with Crippen LogP contribution in [0.3, 0.4) is 0 Å². The Bertz CT molecular complexity index is 499. The summed E-state index contributed by atoms with van der Waals surface area (Å²) in [6.45, 7) is 2.11. The number of fused-ring (bicyclic) bond motifs is 1. The Hall–Kier alpha value is -1.77. The standard InChI is InChI=1S/C12H13NO2/c1-3-9-6-11-5-4-10(12(14)15-2)8-13(11)7-9/h4-8H,3H2,1-2H3. The van der Waals surface area contributed by atoms with Gasteiger partial charge in [0.1, 0.15) is 0 Å². The highest BCUT2D eigenvalue weighted by molar-refractivity contribution is 5.89. The summed E-state index contributed by atoms with van der Waals surface area (Å²) in [5.74, 6) is -0.302. The Morgan fingerprint density at radius 2 is 2.20 bits per heavy atom. The van der Waals surface area contributed by atoms with Crippen LogP contribution in [0.1, 0.15) is 22.8 Å². The first kappa shape index (κ1) is 9.77. The van der Waals surface area contributed by atoms with Crippen molar-refractivity contribution < 1.29 is 9.53 Å². The maximum Gasteiger partial charge on any atom is 0.339 e. The molecule has 0 atom stereocenters. The van der Waals surface area contributed by atoms with E-state index in [1.54, 1.807) is 12.3 Å². The molecule has 3 heteroatoms. The number of esters is 1. The summed E-state index contributed by atoms with van der Waals surface area (Å²) in [7, 11) is 1.39. The zero-order chi connectivity index (χ0) is 10.8. The van der Waals surface area contributed by atoms with Gasteiger partial charge in [-0.15, -0.1) is 0 Å². The van der Waals surface area contributed by atoms with Gasteiger partial charge in [-0.05, 0) is 30.2 Å². The molecule has 0 amide bonds. The molecule has 0 saturated carbocycles. The van der Waals surface area contributed by atoms with Gasteiger partial charge in [0, 0.05) is 17.9 Å². The van der Waals surface area contributed by atoms with E-state index in [2.05, 4.69) is 17.7 Å². The smallest absolute Gasteiger partial charge is 0.339 e. The van der Waals surface area contributed by atoms with E-state index in [-0.39, 0.29) is 5.97 Å². The first-order valence-electron chi connectivity index (χ1n) is 4.93. The average Bonchev–Trinajstić information content (AvgIpc) is 2.69. The van der Waals surface area contributed by atoms with Gasteiger partial charge in [-0.2, -0.15) is 0 Å². The van der Waals surface area contributed by atoms with E-state index in [4.69, 9.17) is 0 Å². The average molecular weight is 203 g/mol. The maximum absolute atomic E-state index is 11.3. The fourth-order valence-corrected chi connectivity index (χ4v) is 1.60. The number of rotatable bonds is 2. The molecule has 0 aromatic carbocycles. The van der Waals surface area contributed by atoms with E-state index in [0.29, 0.717) is 5.56 Å². The molecule has 0 spiro atoms.